The quantitative estimate of drug-likeness (QED) is 0.785. The highest BCUT2D eigenvalue weighted by molar-refractivity contribution is 9.10. The Morgan fingerprint density at radius 1 is 1.20 bits per heavy atom. The van der Waals surface area contributed by atoms with Crippen molar-refractivity contribution < 1.29 is 9.13 Å². The number of ether oxygens (including phenoxy) is 1. The molecule has 2 aromatic rings. The fourth-order valence-electron chi connectivity index (χ4n) is 1.03. The molecule has 76 valence electrons. The SMILES string of the molecule is Fc1cc(Oc2cncc(Br)c2)ccn1. The van der Waals surface area contributed by atoms with E-state index in [9.17, 15) is 4.39 Å². The van der Waals surface area contributed by atoms with Gasteiger partial charge in [-0.2, -0.15) is 4.39 Å². The fourth-order valence-corrected chi connectivity index (χ4v) is 1.38. The second kappa shape index (κ2) is 4.35. The number of nitrogens with zero attached hydrogens (tertiary/aromatic N) is 2. The van der Waals surface area contributed by atoms with Crippen LogP contribution in [0, 0.1) is 5.95 Å². The lowest BCUT2D eigenvalue weighted by Crippen LogP contribution is -1.87. The molecular formula is C10H6BrFN2O. The van der Waals surface area contributed by atoms with Gasteiger partial charge in [-0.3, -0.25) is 4.98 Å². The molecule has 0 atom stereocenters. The van der Waals surface area contributed by atoms with Gasteiger partial charge in [0, 0.05) is 22.9 Å². The molecule has 0 aliphatic heterocycles. The molecule has 2 rings (SSSR count). The smallest absolute Gasteiger partial charge is 0.216 e. The highest BCUT2D eigenvalue weighted by Crippen LogP contribution is 2.22. The highest BCUT2D eigenvalue weighted by Gasteiger charge is 2.00. The molecular weight excluding hydrogens is 263 g/mol. The van der Waals surface area contributed by atoms with E-state index in [1.165, 1.54) is 12.3 Å². The van der Waals surface area contributed by atoms with E-state index >= 15 is 0 Å². The van der Waals surface area contributed by atoms with Gasteiger partial charge in [0.05, 0.1) is 6.20 Å². The van der Waals surface area contributed by atoms with Crippen LogP contribution in [0.3, 0.4) is 0 Å². The molecule has 0 N–H and O–H groups in total. The van der Waals surface area contributed by atoms with Crippen LogP contribution in [0.4, 0.5) is 4.39 Å². The van der Waals surface area contributed by atoms with Gasteiger partial charge in [0.25, 0.3) is 0 Å². The van der Waals surface area contributed by atoms with E-state index in [-0.39, 0.29) is 0 Å². The van der Waals surface area contributed by atoms with E-state index < -0.39 is 5.95 Å². The lowest BCUT2D eigenvalue weighted by molar-refractivity contribution is 0.469. The van der Waals surface area contributed by atoms with Crippen LogP contribution in [0.2, 0.25) is 0 Å². The van der Waals surface area contributed by atoms with Crippen molar-refractivity contribution in [2.45, 2.75) is 0 Å². The summed E-state index contributed by atoms with van der Waals surface area (Å²) in [6.45, 7) is 0. The van der Waals surface area contributed by atoms with Crippen LogP contribution in [0.15, 0.2) is 41.3 Å². The first-order chi connectivity index (χ1) is 7.24. The zero-order valence-corrected chi connectivity index (χ0v) is 9.11. The Kier molecular flexibility index (Phi) is 2.91. The van der Waals surface area contributed by atoms with Gasteiger partial charge in [-0.1, -0.05) is 0 Å². The van der Waals surface area contributed by atoms with Gasteiger partial charge in [0.1, 0.15) is 11.5 Å². The van der Waals surface area contributed by atoms with Crippen molar-refractivity contribution in [3.63, 3.8) is 0 Å². The molecule has 3 nitrogen and oxygen atoms in total. The van der Waals surface area contributed by atoms with Crippen molar-refractivity contribution >= 4 is 15.9 Å². The summed E-state index contributed by atoms with van der Waals surface area (Å²) in [6, 6.07) is 4.52. The molecule has 2 heterocycles. The van der Waals surface area contributed by atoms with E-state index in [1.807, 2.05) is 0 Å². The van der Waals surface area contributed by atoms with Crippen LogP contribution < -0.4 is 4.74 Å². The van der Waals surface area contributed by atoms with Gasteiger partial charge < -0.3 is 4.74 Å². The Hall–Kier alpha value is -1.49. The standard InChI is InChI=1S/C10H6BrFN2O/c11-7-3-9(6-13-5-7)15-8-1-2-14-10(12)4-8/h1-6H. The summed E-state index contributed by atoms with van der Waals surface area (Å²) in [5.74, 6) is 0.354. The molecule has 0 aliphatic carbocycles. The third-order valence-electron chi connectivity index (χ3n) is 1.61. The monoisotopic (exact) mass is 268 g/mol. The van der Waals surface area contributed by atoms with Crippen molar-refractivity contribution in [3.8, 4) is 11.5 Å². The first kappa shape index (κ1) is 10.0. The predicted octanol–water partition coefficient (Wildman–Crippen LogP) is 3.17. The summed E-state index contributed by atoms with van der Waals surface area (Å²) in [7, 11) is 0. The van der Waals surface area contributed by atoms with Gasteiger partial charge >= 0.3 is 0 Å². The highest BCUT2D eigenvalue weighted by atomic mass is 79.9. The Labute approximate surface area is 94.1 Å². The second-order valence-electron chi connectivity index (χ2n) is 2.76. The van der Waals surface area contributed by atoms with Crippen molar-refractivity contribution in [1.29, 1.82) is 0 Å². The average molecular weight is 269 g/mol. The van der Waals surface area contributed by atoms with E-state index in [0.717, 1.165) is 4.47 Å². The number of rotatable bonds is 2. The molecule has 0 saturated carbocycles. The molecule has 5 heteroatoms. The minimum Gasteiger partial charge on any atom is -0.455 e. The maximum absolute atomic E-state index is 12.7. The zero-order valence-electron chi connectivity index (χ0n) is 7.52. The number of halogens is 2. The largest absolute Gasteiger partial charge is 0.455 e. The lowest BCUT2D eigenvalue weighted by atomic mass is 10.4. The summed E-state index contributed by atoms with van der Waals surface area (Å²) in [5, 5.41) is 0. The minimum absolute atomic E-state index is 0.391. The van der Waals surface area contributed by atoms with E-state index in [0.29, 0.717) is 11.5 Å². The number of pyridine rings is 2. The normalized spacial score (nSPS) is 10.0. The van der Waals surface area contributed by atoms with Crippen LogP contribution in [0.1, 0.15) is 0 Å². The van der Waals surface area contributed by atoms with Gasteiger partial charge in [-0.05, 0) is 28.1 Å². The maximum Gasteiger partial charge on any atom is 0.216 e. The Morgan fingerprint density at radius 2 is 2.07 bits per heavy atom. The molecule has 15 heavy (non-hydrogen) atoms. The van der Waals surface area contributed by atoms with Crippen LogP contribution in [0.25, 0.3) is 0 Å². The molecule has 0 aliphatic rings. The molecule has 0 radical (unpaired) electrons. The average Bonchev–Trinajstić information content (AvgIpc) is 2.17. The van der Waals surface area contributed by atoms with Gasteiger partial charge in [-0.15, -0.1) is 0 Å². The maximum atomic E-state index is 12.7. The number of aromatic nitrogens is 2. The zero-order chi connectivity index (χ0) is 10.7. The molecule has 0 spiro atoms. The summed E-state index contributed by atoms with van der Waals surface area (Å²) < 4.78 is 18.9. The second-order valence-corrected chi connectivity index (χ2v) is 3.67. The molecule has 0 aromatic carbocycles. The predicted molar refractivity (Wildman–Crippen MR) is 56.2 cm³/mol. The molecule has 0 amide bonds. The summed E-state index contributed by atoms with van der Waals surface area (Å²) in [4.78, 5) is 7.35. The molecule has 0 unspecified atom stereocenters. The molecule has 2 aromatic heterocycles. The van der Waals surface area contributed by atoms with Crippen molar-refractivity contribution in [2.75, 3.05) is 0 Å². The van der Waals surface area contributed by atoms with Gasteiger partial charge in [0.15, 0.2) is 0 Å². The van der Waals surface area contributed by atoms with E-state index in [1.54, 1.807) is 24.5 Å². The third-order valence-corrected chi connectivity index (χ3v) is 2.05. The molecule has 0 fully saturated rings. The number of hydrogen-bond acceptors (Lipinski definition) is 3. The first-order valence-electron chi connectivity index (χ1n) is 4.14. The van der Waals surface area contributed by atoms with Crippen LogP contribution in [0.5, 0.6) is 11.5 Å². The number of hydrogen-bond donors (Lipinski definition) is 0. The molecule has 0 bridgehead atoms. The minimum atomic E-state index is -0.574. The van der Waals surface area contributed by atoms with Crippen LogP contribution >= 0.6 is 15.9 Å². The van der Waals surface area contributed by atoms with Gasteiger partial charge in [-0.25, -0.2) is 4.98 Å². The Bertz CT molecular complexity index is 435. The Morgan fingerprint density at radius 3 is 2.80 bits per heavy atom. The van der Waals surface area contributed by atoms with E-state index in [4.69, 9.17) is 4.74 Å². The van der Waals surface area contributed by atoms with Crippen molar-refractivity contribution in [3.05, 3.63) is 47.2 Å². The topological polar surface area (TPSA) is 35.0 Å². The van der Waals surface area contributed by atoms with Crippen molar-refractivity contribution in [1.82, 2.24) is 9.97 Å². The third kappa shape index (κ3) is 2.73. The van der Waals surface area contributed by atoms with Crippen LogP contribution in [-0.4, -0.2) is 9.97 Å². The first-order valence-corrected chi connectivity index (χ1v) is 4.93. The lowest BCUT2D eigenvalue weighted by Gasteiger charge is -2.04. The molecule has 0 saturated heterocycles. The van der Waals surface area contributed by atoms with Crippen LogP contribution in [-0.2, 0) is 0 Å². The summed E-state index contributed by atoms with van der Waals surface area (Å²) >= 11 is 3.26. The Balaban J connectivity index is 2.22. The fraction of sp³-hybridized carbons (Fsp3) is 0. The van der Waals surface area contributed by atoms with E-state index in [2.05, 4.69) is 25.9 Å². The van der Waals surface area contributed by atoms with Gasteiger partial charge in [0.2, 0.25) is 5.95 Å². The summed E-state index contributed by atoms with van der Waals surface area (Å²) in [6.07, 6.45) is 4.53. The van der Waals surface area contributed by atoms with Crippen molar-refractivity contribution in [2.24, 2.45) is 0 Å². The summed E-state index contributed by atoms with van der Waals surface area (Å²) in [5.41, 5.74) is 0.